The number of rotatable bonds is 7. The summed E-state index contributed by atoms with van der Waals surface area (Å²) in [6, 6.07) is 10.2. The first-order chi connectivity index (χ1) is 16.4. The number of carbonyl (C=O) groups is 1. The fourth-order valence-electron chi connectivity index (χ4n) is 4.50. The average Bonchev–Trinajstić information content (AvgIpc) is 3.48. The molecule has 0 spiro atoms. The summed E-state index contributed by atoms with van der Waals surface area (Å²) in [4.78, 5) is 32.4. The predicted molar refractivity (Wildman–Crippen MR) is 137 cm³/mol. The Balaban J connectivity index is 1.23. The fraction of sp³-hybridized carbons (Fsp3) is 0.360. The number of thiophene rings is 1. The molecular weight excluding hydrogens is 466 g/mol. The van der Waals surface area contributed by atoms with Gasteiger partial charge in [0.05, 0.1) is 23.4 Å². The van der Waals surface area contributed by atoms with Crippen LogP contribution in [0.5, 0.6) is 0 Å². The minimum atomic E-state index is -0.0948. The number of amides is 1. The molecule has 4 aromatic rings. The fourth-order valence-corrected chi connectivity index (χ4v) is 6.61. The van der Waals surface area contributed by atoms with Gasteiger partial charge >= 0.3 is 0 Å². The third-order valence-corrected chi connectivity index (χ3v) is 8.62. The SMILES string of the molecule is Cc1nn(Cc2ccccc2)c(C)c1CNC(=O)CSc1nc2sc3c(c2c(=O)n1C)CCC3. The lowest BCUT2D eigenvalue weighted by atomic mass is 10.2. The summed E-state index contributed by atoms with van der Waals surface area (Å²) in [5.41, 5.74) is 5.36. The number of aromatic nitrogens is 4. The zero-order chi connectivity index (χ0) is 23.8. The first-order valence-electron chi connectivity index (χ1n) is 11.4. The van der Waals surface area contributed by atoms with E-state index in [9.17, 15) is 9.59 Å². The van der Waals surface area contributed by atoms with Crippen LogP contribution in [-0.4, -0.2) is 31.0 Å². The molecular formula is C25H27N5O2S2. The standard InChI is InChI=1S/C25H27N5O2S2/c1-15-19(16(2)30(28-15)13-17-8-5-4-6-9-17)12-26-21(31)14-33-25-27-23-22(24(32)29(25)3)18-10-7-11-20(18)34-23/h4-6,8-9H,7,10-14H2,1-3H3,(H,26,31). The Bertz CT molecular complexity index is 1440. The summed E-state index contributed by atoms with van der Waals surface area (Å²) >= 11 is 2.92. The number of benzene rings is 1. The van der Waals surface area contributed by atoms with Crippen molar-refractivity contribution in [1.29, 1.82) is 0 Å². The van der Waals surface area contributed by atoms with Crippen molar-refractivity contribution in [2.75, 3.05) is 5.75 Å². The van der Waals surface area contributed by atoms with E-state index in [0.29, 0.717) is 18.2 Å². The lowest BCUT2D eigenvalue weighted by molar-refractivity contribution is -0.118. The van der Waals surface area contributed by atoms with Gasteiger partial charge in [-0.2, -0.15) is 5.10 Å². The molecule has 1 aliphatic rings. The second-order valence-electron chi connectivity index (χ2n) is 8.65. The van der Waals surface area contributed by atoms with Gasteiger partial charge in [0.15, 0.2) is 5.16 Å². The van der Waals surface area contributed by atoms with Crippen LogP contribution in [-0.2, 0) is 37.8 Å². The smallest absolute Gasteiger partial charge is 0.262 e. The average molecular weight is 494 g/mol. The van der Waals surface area contributed by atoms with E-state index in [4.69, 9.17) is 4.98 Å². The third-order valence-electron chi connectivity index (χ3n) is 6.41. The molecule has 34 heavy (non-hydrogen) atoms. The number of carbonyl (C=O) groups excluding carboxylic acids is 1. The van der Waals surface area contributed by atoms with E-state index in [1.54, 1.807) is 23.0 Å². The summed E-state index contributed by atoms with van der Waals surface area (Å²) < 4.78 is 3.56. The molecule has 1 aliphatic carbocycles. The monoisotopic (exact) mass is 493 g/mol. The number of hydrogen-bond acceptors (Lipinski definition) is 6. The van der Waals surface area contributed by atoms with Crippen LogP contribution in [0.1, 0.15) is 39.4 Å². The number of nitrogens with zero attached hydrogens (tertiary/aromatic N) is 4. The number of fused-ring (bicyclic) bond motifs is 3. The molecule has 3 aromatic heterocycles. The molecule has 0 unspecified atom stereocenters. The van der Waals surface area contributed by atoms with Crippen molar-refractivity contribution >= 4 is 39.2 Å². The number of thioether (sulfide) groups is 1. The van der Waals surface area contributed by atoms with Crippen LogP contribution >= 0.6 is 23.1 Å². The Kier molecular flexibility index (Phi) is 6.31. The lowest BCUT2D eigenvalue weighted by Gasteiger charge is -2.09. The van der Waals surface area contributed by atoms with Crippen LogP contribution in [0.4, 0.5) is 0 Å². The van der Waals surface area contributed by atoms with Crippen molar-refractivity contribution in [2.45, 2.75) is 51.4 Å². The molecule has 1 amide bonds. The Morgan fingerprint density at radius 3 is 2.79 bits per heavy atom. The molecule has 0 saturated carbocycles. The number of aryl methyl sites for hydroxylation is 3. The largest absolute Gasteiger partial charge is 0.351 e. The van der Waals surface area contributed by atoms with Gasteiger partial charge < -0.3 is 5.32 Å². The van der Waals surface area contributed by atoms with Crippen LogP contribution in [0, 0.1) is 13.8 Å². The summed E-state index contributed by atoms with van der Waals surface area (Å²) in [5.74, 6) is 0.107. The molecule has 5 rings (SSSR count). The second-order valence-corrected chi connectivity index (χ2v) is 10.7. The van der Waals surface area contributed by atoms with Crippen LogP contribution in [0.3, 0.4) is 0 Å². The number of hydrogen-bond donors (Lipinski definition) is 1. The van der Waals surface area contributed by atoms with Gasteiger partial charge in [-0.25, -0.2) is 4.98 Å². The van der Waals surface area contributed by atoms with E-state index >= 15 is 0 Å². The highest BCUT2D eigenvalue weighted by Gasteiger charge is 2.22. The molecule has 0 aliphatic heterocycles. The summed E-state index contributed by atoms with van der Waals surface area (Å²) in [5, 5.41) is 9.02. The third kappa shape index (κ3) is 4.30. The molecule has 1 N–H and O–H groups in total. The Labute approximate surface area is 206 Å². The first kappa shape index (κ1) is 22.9. The highest BCUT2D eigenvalue weighted by molar-refractivity contribution is 7.99. The van der Waals surface area contributed by atoms with Crippen LogP contribution in [0.15, 0.2) is 40.3 Å². The molecule has 9 heteroatoms. The van der Waals surface area contributed by atoms with Gasteiger partial charge in [0.1, 0.15) is 4.83 Å². The maximum absolute atomic E-state index is 12.9. The summed E-state index contributed by atoms with van der Waals surface area (Å²) in [7, 11) is 1.74. The highest BCUT2D eigenvalue weighted by Crippen LogP contribution is 2.35. The van der Waals surface area contributed by atoms with Gasteiger partial charge in [-0.15, -0.1) is 11.3 Å². The van der Waals surface area contributed by atoms with E-state index in [2.05, 4.69) is 22.5 Å². The Morgan fingerprint density at radius 1 is 1.21 bits per heavy atom. The van der Waals surface area contributed by atoms with Crippen molar-refractivity contribution in [3.63, 3.8) is 0 Å². The molecule has 3 heterocycles. The van der Waals surface area contributed by atoms with Crippen molar-refractivity contribution in [1.82, 2.24) is 24.6 Å². The zero-order valence-electron chi connectivity index (χ0n) is 19.6. The van der Waals surface area contributed by atoms with Gasteiger partial charge in [0.25, 0.3) is 5.56 Å². The lowest BCUT2D eigenvalue weighted by Crippen LogP contribution is -2.26. The van der Waals surface area contributed by atoms with Gasteiger partial charge in [-0.1, -0.05) is 42.1 Å². The van der Waals surface area contributed by atoms with E-state index in [0.717, 1.165) is 46.4 Å². The Morgan fingerprint density at radius 2 is 2.00 bits per heavy atom. The first-order valence-corrected chi connectivity index (χ1v) is 13.2. The molecule has 0 radical (unpaired) electrons. The molecule has 0 saturated heterocycles. The van der Waals surface area contributed by atoms with E-state index in [1.807, 2.05) is 36.7 Å². The van der Waals surface area contributed by atoms with Crippen LogP contribution in [0.25, 0.3) is 10.2 Å². The molecule has 1 aromatic carbocycles. The minimum Gasteiger partial charge on any atom is -0.351 e. The Hall–Kier alpha value is -2.91. The van der Waals surface area contributed by atoms with Crippen LogP contribution in [0.2, 0.25) is 0 Å². The maximum atomic E-state index is 12.9. The zero-order valence-corrected chi connectivity index (χ0v) is 21.2. The molecule has 176 valence electrons. The van der Waals surface area contributed by atoms with Crippen molar-refractivity contribution in [3.05, 3.63) is 73.6 Å². The van der Waals surface area contributed by atoms with Gasteiger partial charge in [0.2, 0.25) is 5.91 Å². The van der Waals surface area contributed by atoms with Gasteiger partial charge in [-0.3, -0.25) is 18.8 Å². The highest BCUT2D eigenvalue weighted by atomic mass is 32.2. The van der Waals surface area contributed by atoms with E-state index < -0.39 is 0 Å². The van der Waals surface area contributed by atoms with Gasteiger partial charge in [-0.05, 0) is 44.2 Å². The molecule has 7 nitrogen and oxygen atoms in total. The topological polar surface area (TPSA) is 81.8 Å². The second kappa shape index (κ2) is 9.38. The molecule has 0 atom stereocenters. The predicted octanol–water partition coefficient (Wildman–Crippen LogP) is 3.75. The van der Waals surface area contributed by atoms with Crippen molar-refractivity contribution in [2.24, 2.45) is 7.05 Å². The quantitative estimate of drug-likeness (QED) is 0.313. The van der Waals surface area contributed by atoms with Crippen molar-refractivity contribution < 1.29 is 4.79 Å². The van der Waals surface area contributed by atoms with Crippen molar-refractivity contribution in [3.8, 4) is 0 Å². The van der Waals surface area contributed by atoms with E-state index in [-0.39, 0.29) is 17.2 Å². The van der Waals surface area contributed by atoms with E-state index in [1.165, 1.54) is 27.8 Å². The number of nitrogens with one attached hydrogen (secondary N) is 1. The normalized spacial score (nSPS) is 12.9. The maximum Gasteiger partial charge on any atom is 0.262 e. The summed E-state index contributed by atoms with van der Waals surface area (Å²) in [6.45, 7) is 5.13. The molecule has 0 bridgehead atoms. The summed E-state index contributed by atoms with van der Waals surface area (Å²) in [6.07, 6.45) is 3.11. The molecule has 0 fully saturated rings. The van der Waals surface area contributed by atoms with Crippen LogP contribution < -0.4 is 10.9 Å². The van der Waals surface area contributed by atoms with Gasteiger partial charge in [0, 0.05) is 29.7 Å². The minimum absolute atomic E-state index is 0.00983.